The van der Waals surface area contributed by atoms with E-state index in [0.29, 0.717) is 11.6 Å². The zero-order chi connectivity index (χ0) is 14.5. The lowest BCUT2D eigenvalue weighted by Gasteiger charge is -2.11. The Labute approximate surface area is 114 Å². The molecule has 0 unspecified atom stereocenters. The van der Waals surface area contributed by atoms with Gasteiger partial charge in [0.25, 0.3) is 0 Å². The fourth-order valence-electron chi connectivity index (χ4n) is 1.41. The summed E-state index contributed by atoms with van der Waals surface area (Å²) in [5.74, 6) is 2.08. The van der Waals surface area contributed by atoms with Gasteiger partial charge in [-0.15, -0.1) is 0 Å². The molecule has 0 aromatic carbocycles. The van der Waals surface area contributed by atoms with E-state index in [1.54, 1.807) is 6.07 Å². The second-order valence-corrected chi connectivity index (χ2v) is 6.21. The number of hydrogen-bond donors (Lipinski definition) is 3. The van der Waals surface area contributed by atoms with Crippen molar-refractivity contribution in [2.45, 2.75) is 26.7 Å². The topological polar surface area (TPSA) is 110 Å². The van der Waals surface area contributed by atoms with Gasteiger partial charge >= 0.3 is 0 Å². The molecule has 1 heterocycles. The first-order valence-corrected chi connectivity index (χ1v) is 7.90. The molecule has 0 bridgehead atoms. The number of primary sulfonamides is 1. The summed E-state index contributed by atoms with van der Waals surface area (Å²) in [6.07, 6.45) is 0. The van der Waals surface area contributed by atoms with Crippen LogP contribution in [0, 0.1) is 0 Å². The number of nitrogens with zero attached hydrogens (tertiary/aromatic N) is 2. The van der Waals surface area contributed by atoms with Gasteiger partial charge in [0, 0.05) is 25.1 Å². The van der Waals surface area contributed by atoms with Crippen LogP contribution in [0.3, 0.4) is 0 Å². The SMILES string of the molecule is CCNc1cc(NCCS(N)(=O)=O)nc(C(C)C)n1. The van der Waals surface area contributed by atoms with Gasteiger partial charge < -0.3 is 10.6 Å². The average Bonchev–Trinajstić information content (AvgIpc) is 2.27. The van der Waals surface area contributed by atoms with Crippen LogP contribution in [0.4, 0.5) is 11.6 Å². The van der Waals surface area contributed by atoms with Gasteiger partial charge in [-0.1, -0.05) is 13.8 Å². The largest absolute Gasteiger partial charge is 0.370 e. The molecule has 0 aliphatic heterocycles. The summed E-state index contributed by atoms with van der Waals surface area (Å²) < 4.78 is 21.7. The lowest BCUT2D eigenvalue weighted by Crippen LogP contribution is -2.23. The van der Waals surface area contributed by atoms with Gasteiger partial charge in [0.2, 0.25) is 10.0 Å². The maximum atomic E-state index is 10.9. The van der Waals surface area contributed by atoms with Gasteiger partial charge in [0.05, 0.1) is 5.75 Å². The van der Waals surface area contributed by atoms with Crippen molar-refractivity contribution < 1.29 is 8.42 Å². The number of nitrogens with two attached hydrogens (primary N) is 1. The number of hydrogen-bond acceptors (Lipinski definition) is 6. The van der Waals surface area contributed by atoms with Crippen molar-refractivity contribution in [1.29, 1.82) is 0 Å². The van der Waals surface area contributed by atoms with E-state index in [4.69, 9.17) is 5.14 Å². The molecule has 4 N–H and O–H groups in total. The van der Waals surface area contributed by atoms with E-state index >= 15 is 0 Å². The highest BCUT2D eigenvalue weighted by molar-refractivity contribution is 7.89. The smallest absolute Gasteiger partial charge is 0.210 e. The van der Waals surface area contributed by atoms with E-state index in [9.17, 15) is 8.42 Å². The second-order valence-electron chi connectivity index (χ2n) is 4.48. The Balaban J connectivity index is 2.81. The fraction of sp³-hybridized carbons (Fsp3) is 0.636. The Hall–Kier alpha value is -1.41. The molecule has 19 heavy (non-hydrogen) atoms. The van der Waals surface area contributed by atoms with Crippen LogP contribution in [-0.2, 0) is 10.0 Å². The van der Waals surface area contributed by atoms with Crippen molar-refractivity contribution >= 4 is 21.7 Å². The molecule has 0 atom stereocenters. The van der Waals surface area contributed by atoms with Gasteiger partial charge in [-0.25, -0.2) is 23.5 Å². The van der Waals surface area contributed by atoms with Gasteiger partial charge in [-0.2, -0.15) is 0 Å². The number of aromatic nitrogens is 2. The van der Waals surface area contributed by atoms with Crippen molar-refractivity contribution in [2.75, 3.05) is 29.5 Å². The Morgan fingerprint density at radius 2 is 1.84 bits per heavy atom. The molecule has 0 spiro atoms. The number of nitrogens with one attached hydrogen (secondary N) is 2. The van der Waals surface area contributed by atoms with Crippen molar-refractivity contribution in [3.63, 3.8) is 0 Å². The molecule has 108 valence electrons. The number of rotatable bonds is 7. The third-order valence-corrected chi connectivity index (χ3v) is 3.08. The highest BCUT2D eigenvalue weighted by Gasteiger charge is 2.08. The lowest BCUT2D eigenvalue weighted by atomic mass is 10.2. The van der Waals surface area contributed by atoms with E-state index < -0.39 is 10.0 Å². The lowest BCUT2D eigenvalue weighted by molar-refractivity contribution is 0.598. The molecule has 0 aliphatic rings. The highest BCUT2D eigenvalue weighted by Crippen LogP contribution is 2.16. The molecule has 1 rings (SSSR count). The van der Waals surface area contributed by atoms with E-state index in [0.717, 1.165) is 12.4 Å². The molecule has 0 fully saturated rings. The molecule has 0 saturated heterocycles. The van der Waals surface area contributed by atoms with Gasteiger partial charge in [0.1, 0.15) is 17.5 Å². The van der Waals surface area contributed by atoms with Crippen LogP contribution in [-0.4, -0.2) is 37.2 Å². The minimum absolute atomic E-state index is 0.134. The normalized spacial score (nSPS) is 11.6. The zero-order valence-corrected chi connectivity index (χ0v) is 12.3. The maximum Gasteiger partial charge on any atom is 0.210 e. The molecular formula is C11H21N5O2S. The summed E-state index contributed by atoms with van der Waals surface area (Å²) in [5, 5.41) is 11.0. The van der Waals surface area contributed by atoms with Crippen LogP contribution in [0.2, 0.25) is 0 Å². The summed E-state index contributed by atoms with van der Waals surface area (Å²) >= 11 is 0. The summed E-state index contributed by atoms with van der Waals surface area (Å²) in [6, 6.07) is 1.75. The molecule has 0 amide bonds. The second kappa shape index (κ2) is 6.67. The molecule has 1 aromatic rings. The number of anilines is 2. The van der Waals surface area contributed by atoms with Gasteiger partial charge in [0.15, 0.2) is 0 Å². The highest BCUT2D eigenvalue weighted by atomic mass is 32.2. The molecular weight excluding hydrogens is 266 g/mol. The maximum absolute atomic E-state index is 10.9. The van der Waals surface area contributed by atoms with Crippen LogP contribution in [0.25, 0.3) is 0 Å². The molecule has 0 aliphatic carbocycles. The molecule has 0 radical (unpaired) electrons. The van der Waals surface area contributed by atoms with E-state index in [1.807, 2.05) is 20.8 Å². The first-order valence-electron chi connectivity index (χ1n) is 6.19. The van der Waals surface area contributed by atoms with Crippen molar-refractivity contribution in [3.8, 4) is 0 Å². The van der Waals surface area contributed by atoms with E-state index in [1.165, 1.54) is 0 Å². The van der Waals surface area contributed by atoms with Crippen LogP contribution in [0.15, 0.2) is 6.07 Å². The molecule has 0 saturated carbocycles. The Morgan fingerprint density at radius 1 is 1.26 bits per heavy atom. The minimum Gasteiger partial charge on any atom is -0.370 e. The third-order valence-electron chi connectivity index (χ3n) is 2.31. The van der Waals surface area contributed by atoms with Crippen LogP contribution in [0.5, 0.6) is 0 Å². The quantitative estimate of drug-likeness (QED) is 0.682. The Bertz CT molecular complexity index is 516. The first kappa shape index (κ1) is 15.6. The standard InChI is InChI=1S/C11H21N5O2S/c1-4-13-9-7-10(14-5-6-19(12,17)18)16-11(15-9)8(2)3/h7-8H,4-6H2,1-3H3,(H2,12,17,18)(H2,13,14,15,16). The van der Waals surface area contributed by atoms with Gasteiger partial charge in [-0.3, -0.25) is 0 Å². The number of sulfonamides is 1. The summed E-state index contributed by atoms with van der Waals surface area (Å²) in [7, 11) is -3.46. The third kappa shape index (κ3) is 5.84. The molecule has 8 heteroatoms. The Morgan fingerprint density at radius 3 is 2.32 bits per heavy atom. The molecule has 7 nitrogen and oxygen atoms in total. The average molecular weight is 287 g/mol. The summed E-state index contributed by atoms with van der Waals surface area (Å²) in [5.41, 5.74) is 0. The van der Waals surface area contributed by atoms with Crippen LogP contribution in [0.1, 0.15) is 32.5 Å². The van der Waals surface area contributed by atoms with Gasteiger partial charge in [-0.05, 0) is 6.92 Å². The summed E-state index contributed by atoms with van der Waals surface area (Å²) in [4.78, 5) is 8.71. The fourth-order valence-corrected chi connectivity index (χ4v) is 1.79. The van der Waals surface area contributed by atoms with E-state index in [-0.39, 0.29) is 18.2 Å². The predicted octanol–water partition coefficient (Wildman–Crippen LogP) is 0.732. The van der Waals surface area contributed by atoms with E-state index in [2.05, 4.69) is 20.6 Å². The minimum atomic E-state index is -3.46. The predicted molar refractivity (Wildman–Crippen MR) is 76.7 cm³/mol. The zero-order valence-electron chi connectivity index (χ0n) is 11.5. The monoisotopic (exact) mass is 287 g/mol. The first-order chi connectivity index (χ1) is 8.81. The van der Waals surface area contributed by atoms with Crippen molar-refractivity contribution in [1.82, 2.24) is 9.97 Å². The van der Waals surface area contributed by atoms with Crippen molar-refractivity contribution in [2.24, 2.45) is 5.14 Å². The summed E-state index contributed by atoms with van der Waals surface area (Å²) in [6.45, 7) is 6.95. The Kier molecular flexibility index (Phi) is 5.49. The van der Waals surface area contributed by atoms with Crippen LogP contribution < -0.4 is 15.8 Å². The van der Waals surface area contributed by atoms with Crippen molar-refractivity contribution in [3.05, 3.63) is 11.9 Å². The van der Waals surface area contributed by atoms with Crippen LogP contribution >= 0.6 is 0 Å². The molecule has 1 aromatic heterocycles.